The lowest BCUT2D eigenvalue weighted by molar-refractivity contribution is -0.127. The molecule has 2 atom stereocenters. The third-order valence-electron chi connectivity index (χ3n) is 3.57. The maximum absolute atomic E-state index is 11.9. The molecule has 2 N–H and O–H groups in total. The quantitative estimate of drug-likeness (QED) is 0.934. The molecule has 6 heteroatoms. The molecule has 21 heavy (non-hydrogen) atoms. The Morgan fingerprint density at radius 1 is 1.43 bits per heavy atom. The lowest BCUT2D eigenvalue weighted by Gasteiger charge is -2.36. The van der Waals surface area contributed by atoms with Crippen molar-refractivity contribution < 1.29 is 9.53 Å². The number of ether oxygens (including phenoxy) is 1. The van der Waals surface area contributed by atoms with Gasteiger partial charge in [0.05, 0.1) is 6.61 Å². The van der Waals surface area contributed by atoms with Crippen LogP contribution in [-0.4, -0.2) is 35.5 Å². The van der Waals surface area contributed by atoms with E-state index in [0.29, 0.717) is 19.7 Å². The van der Waals surface area contributed by atoms with Gasteiger partial charge in [0.2, 0.25) is 5.91 Å². The highest BCUT2D eigenvalue weighted by molar-refractivity contribution is 7.09. The molecule has 2 heterocycles. The zero-order valence-electron chi connectivity index (χ0n) is 11.5. The maximum atomic E-state index is 11.9. The Morgan fingerprint density at radius 2 is 2.24 bits per heavy atom. The van der Waals surface area contributed by atoms with E-state index in [0.717, 1.165) is 10.6 Å². The van der Waals surface area contributed by atoms with Gasteiger partial charge in [0.15, 0.2) is 0 Å². The van der Waals surface area contributed by atoms with E-state index < -0.39 is 6.04 Å². The molecule has 1 aliphatic heterocycles. The third kappa shape index (κ3) is 3.12. The largest absolute Gasteiger partial charge is 0.368 e. The fourth-order valence-electron chi connectivity index (χ4n) is 2.64. The van der Waals surface area contributed by atoms with Crippen molar-refractivity contribution in [2.24, 2.45) is 5.73 Å². The van der Waals surface area contributed by atoms with Gasteiger partial charge in [-0.1, -0.05) is 30.3 Å². The molecule has 1 saturated heterocycles. The first-order chi connectivity index (χ1) is 10.3. The van der Waals surface area contributed by atoms with E-state index in [9.17, 15) is 4.79 Å². The summed E-state index contributed by atoms with van der Waals surface area (Å²) >= 11 is 1.57. The van der Waals surface area contributed by atoms with Crippen LogP contribution in [-0.2, 0) is 9.53 Å². The molecule has 5 nitrogen and oxygen atoms in total. The van der Waals surface area contributed by atoms with Crippen LogP contribution in [0.4, 0.5) is 0 Å². The molecule has 2 aromatic rings. The van der Waals surface area contributed by atoms with Gasteiger partial charge in [-0.05, 0) is 5.56 Å². The first-order valence-electron chi connectivity index (χ1n) is 6.85. The highest BCUT2D eigenvalue weighted by Crippen LogP contribution is 2.29. The first kappa shape index (κ1) is 14.2. The molecule has 1 aliphatic rings. The van der Waals surface area contributed by atoms with Gasteiger partial charge in [-0.3, -0.25) is 9.69 Å². The van der Waals surface area contributed by atoms with Crippen LogP contribution < -0.4 is 5.73 Å². The Kier molecular flexibility index (Phi) is 4.28. The summed E-state index contributed by atoms with van der Waals surface area (Å²) in [5, 5.41) is 2.87. The summed E-state index contributed by atoms with van der Waals surface area (Å²) in [5.74, 6) is -0.332. The summed E-state index contributed by atoms with van der Waals surface area (Å²) < 4.78 is 5.77. The number of nitrogens with two attached hydrogens (primary N) is 1. The third-order valence-corrected chi connectivity index (χ3v) is 4.44. The number of carbonyl (C=O) groups is 1. The summed E-state index contributed by atoms with van der Waals surface area (Å²) in [6, 6.07) is 9.22. The molecule has 0 saturated carbocycles. The standard InChI is InChI=1S/C15H17N3O2S/c16-14(19)13(11-4-2-1-3-5-11)18-7-8-20-12(10-18)15-17-6-9-21-15/h1-6,9,12-13H,7-8,10H2,(H2,16,19). The number of carbonyl (C=O) groups excluding carboxylic acids is 1. The van der Waals surface area contributed by atoms with Crippen LogP contribution in [0.1, 0.15) is 22.7 Å². The second-order valence-electron chi connectivity index (χ2n) is 4.94. The molecular weight excluding hydrogens is 286 g/mol. The molecule has 1 aromatic heterocycles. The van der Waals surface area contributed by atoms with Crippen LogP contribution in [0.25, 0.3) is 0 Å². The second-order valence-corrected chi connectivity index (χ2v) is 5.87. The minimum absolute atomic E-state index is 0.0932. The number of morpholine rings is 1. The van der Waals surface area contributed by atoms with Crippen LogP contribution in [0, 0.1) is 0 Å². The van der Waals surface area contributed by atoms with Gasteiger partial charge in [0.1, 0.15) is 17.2 Å². The van der Waals surface area contributed by atoms with Crippen molar-refractivity contribution in [3.05, 3.63) is 52.5 Å². The average Bonchev–Trinajstić information content (AvgIpc) is 3.03. The van der Waals surface area contributed by atoms with Crippen molar-refractivity contribution in [2.45, 2.75) is 12.1 Å². The normalized spacial score (nSPS) is 21.0. The van der Waals surface area contributed by atoms with E-state index in [-0.39, 0.29) is 12.0 Å². The van der Waals surface area contributed by atoms with E-state index in [1.54, 1.807) is 17.5 Å². The highest BCUT2D eigenvalue weighted by Gasteiger charge is 2.32. The molecule has 0 radical (unpaired) electrons. The summed E-state index contributed by atoms with van der Waals surface area (Å²) in [4.78, 5) is 18.3. The summed E-state index contributed by atoms with van der Waals surface area (Å²) in [6.07, 6.45) is 1.68. The smallest absolute Gasteiger partial charge is 0.239 e. The fourth-order valence-corrected chi connectivity index (χ4v) is 3.31. The van der Waals surface area contributed by atoms with Crippen LogP contribution in [0.2, 0.25) is 0 Å². The minimum Gasteiger partial charge on any atom is -0.368 e. The van der Waals surface area contributed by atoms with Gasteiger partial charge in [-0.15, -0.1) is 11.3 Å². The molecule has 110 valence electrons. The van der Waals surface area contributed by atoms with Gasteiger partial charge in [0, 0.05) is 24.7 Å². The molecule has 1 aromatic carbocycles. The van der Waals surface area contributed by atoms with E-state index in [4.69, 9.17) is 10.5 Å². The van der Waals surface area contributed by atoms with Gasteiger partial charge >= 0.3 is 0 Å². The Labute approximate surface area is 127 Å². The van der Waals surface area contributed by atoms with E-state index in [1.165, 1.54) is 0 Å². The van der Waals surface area contributed by atoms with E-state index >= 15 is 0 Å². The van der Waals surface area contributed by atoms with Crippen molar-refractivity contribution in [3.63, 3.8) is 0 Å². The second kappa shape index (κ2) is 6.34. The Bertz CT molecular complexity index is 588. The molecule has 1 fully saturated rings. The van der Waals surface area contributed by atoms with Crippen LogP contribution in [0.15, 0.2) is 41.9 Å². The molecular formula is C15H17N3O2S. The number of hydrogen-bond acceptors (Lipinski definition) is 5. The van der Waals surface area contributed by atoms with Crippen LogP contribution in [0.5, 0.6) is 0 Å². The molecule has 0 aliphatic carbocycles. The summed E-state index contributed by atoms with van der Waals surface area (Å²) in [7, 11) is 0. The zero-order valence-corrected chi connectivity index (χ0v) is 12.3. The minimum atomic E-state index is -0.419. The molecule has 0 bridgehead atoms. The number of aromatic nitrogens is 1. The monoisotopic (exact) mass is 303 g/mol. The number of hydrogen-bond donors (Lipinski definition) is 1. The van der Waals surface area contributed by atoms with Crippen molar-refractivity contribution in [1.29, 1.82) is 0 Å². The number of thiazole rings is 1. The topological polar surface area (TPSA) is 68.5 Å². The van der Waals surface area contributed by atoms with Gasteiger partial charge in [-0.2, -0.15) is 0 Å². The molecule has 1 amide bonds. The Balaban J connectivity index is 1.81. The number of nitrogens with zero attached hydrogens (tertiary/aromatic N) is 2. The highest BCUT2D eigenvalue weighted by atomic mass is 32.1. The van der Waals surface area contributed by atoms with Crippen molar-refractivity contribution in [3.8, 4) is 0 Å². The molecule has 3 rings (SSSR count). The van der Waals surface area contributed by atoms with E-state index in [2.05, 4.69) is 9.88 Å². The number of amides is 1. The summed E-state index contributed by atoms with van der Waals surface area (Å²) in [6.45, 7) is 1.88. The van der Waals surface area contributed by atoms with E-state index in [1.807, 2.05) is 35.7 Å². The lowest BCUT2D eigenvalue weighted by Crippen LogP contribution is -2.45. The maximum Gasteiger partial charge on any atom is 0.239 e. The number of primary amides is 1. The van der Waals surface area contributed by atoms with Crippen LogP contribution >= 0.6 is 11.3 Å². The van der Waals surface area contributed by atoms with Crippen molar-refractivity contribution in [2.75, 3.05) is 19.7 Å². The molecule has 2 unspecified atom stereocenters. The first-order valence-corrected chi connectivity index (χ1v) is 7.73. The fraction of sp³-hybridized carbons (Fsp3) is 0.333. The van der Waals surface area contributed by atoms with Gasteiger partial charge in [-0.25, -0.2) is 4.98 Å². The van der Waals surface area contributed by atoms with Crippen LogP contribution in [0.3, 0.4) is 0 Å². The zero-order chi connectivity index (χ0) is 14.7. The Hall–Kier alpha value is -1.76. The lowest BCUT2D eigenvalue weighted by atomic mass is 10.0. The van der Waals surface area contributed by atoms with Gasteiger partial charge < -0.3 is 10.5 Å². The van der Waals surface area contributed by atoms with Crippen molar-refractivity contribution >= 4 is 17.2 Å². The summed E-state index contributed by atoms with van der Waals surface area (Å²) in [5.41, 5.74) is 6.55. The van der Waals surface area contributed by atoms with Crippen molar-refractivity contribution in [1.82, 2.24) is 9.88 Å². The predicted octanol–water partition coefficient (Wildman–Crippen LogP) is 1.74. The Morgan fingerprint density at radius 3 is 2.90 bits per heavy atom. The number of benzene rings is 1. The van der Waals surface area contributed by atoms with Gasteiger partial charge in [0.25, 0.3) is 0 Å². The SMILES string of the molecule is NC(=O)C(c1ccccc1)N1CCOC(c2nccs2)C1. The molecule has 0 spiro atoms. The number of rotatable bonds is 4. The average molecular weight is 303 g/mol. The predicted molar refractivity (Wildman–Crippen MR) is 80.8 cm³/mol.